The summed E-state index contributed by atoms with van der Waals surface area (Å²) in [6.07, 6.45) is 1.50. The van der Waals surface area contributed by atoms with Gasteiger partial charge in [-0.3, -0.25) is 9.59 Å². The van der Waals surface area contributed by atoms with Gasteiger partial charge in [0.05, 0.1) is 36.6 Å². The minimum atomic E-state index is -1.12. The summed E-state index contributed by atoms with van der Waals surface area (Å²) in [6.45, 7) is 18.0. The molecule has 0 aromatic heterocycles. The summed E-state index contributed by atoms with van der Waals surface area (Å²) in [4.78, 5) is 25.3. The fraction of sp³-hybridized carbons (Fsp3) is 0.667. The van der Waals surface area contributed by atoms with E-state index in [0.29, 0.717) is 6.42 Å². The Bertz CT molecular complexity index is 1050. The Hall–Kier alpha value is -2.13. The average molecular weight is 556 g/mol. The first-order valence-electron chi connectivity index (χ1n) is 14.1. The van der Waals surface area contributed by atoms with Crippen LogP contribution in [-0.4, -0.2) is 62.8 Å². The van der Waals surface area contributed by atoms with E-state index in [0.717, 1.165) is 17.5 Å². The summed E-state index contributed by atoms with van der Waals surface area (Å²) < 4.78 is 36.3. The molecule has 0 aliphatic carbocycles. The highest BCUT2D eigenvalue weighted by Crippen LogP contribution is 2.48. The molecule has 2 aliphatic rings. The largest absolute Gasteiger partial charge is 0.490 e. The van der Waals surface area contributed by atoms with E-state index in [1.165, 1.54) is 19.8 Å². The van der Waals surface area contributed by atoms with E-state index in [4.69, 9.17) is 28.1 Å². The highest BCUT2D eigenvalue weighted by atomic mass is 16.7. The molecule has 1 aromatic carbocycles. The Balaban J connectivity index is 2.14. The number of rotatable bonds is 10. The maximum Gasteiger partial charge on any atom is 0.490 e. The summed E-state index contributed by atoms with van der Waals surface area (Å²) in [6, 6.07) is 10.2. The molecule has 2 heterocycles. The van der Waals surface area contributed by atoms with Gasteiger partial charge in [-0.05, 0) is 92.6 Å². The van der Waals surface area contributed by atoms with E-state index < -0.39 is 54.5 Å². The lowest BCUT2D eigenvalue weighted by molar-refractivity contribution is -0.158. The van der Waals surface area contributed by atoms with Gasteiger partial charge in [0, 0.05) is 5.82 Å². The minimum Gasteiger partial charge on any atom is -0.468 e. The van der Waals surface area contributed by atoms with Gasteiger partial charge in [0.1, 0.15) is 0 Å². The molecule has 3 rings (SSSR count). The van der Waals surface area contributed by atoms with Crippen LogP contribution < -0.4 is 0 Å². The van der Waals surface area contributed by atoms with Crippen LogP contribution in [0, 0.1) is 5.92 Å². The summed E-state index contributed by atoms with van der Waals surface area (Å²) in [5.74, 6) is -2.74. The molecule has 0 saturated carbocycles. The van der Waals surface area contributed by atoms with E-state index in [1.807, 2.05) is 80.5 Å². The number of benzene rings is 1. The Labute approximate surface area is 240 Å². The molecule has 10 heteroatoms. The summed E-state index contributed by atoms with van der Waals surface area (Å²) in [5.41, 5.74) is 0.437. The smallest absolute Gasteiger partial charge is 0.468 e. The lowest BCUT2D eigenvalue weighted by atomic mass is 9.54. The number of carbonyl (C=O) groups is 2. The van der Waals surface area contributed by atoms with Gasteiger partial charge in [-0.1, -0.05) is 35.9 Å². The molecule has 1 unspecified atom stereocenters. The van der Waals surface area contributed by atoms with Crippen LogP contribution in [0.1, 0.15) is 80.7 Å². The predicted molar refractivity (Wildman–Crippen MR) is 156 cm³/mol. The van der Waals surface area contributed by atoms with Crippen LogP contribution in [0.15, 0.2) is 41.4 Å². The van der Waals surface area contributed by atoms with Crippen molar-refractivity contribution in [3.63, 3.8) is 0 Å². The molecule has 40 heavy (non-hydrogen) atoms. The lowest BCUT2D eigenvalue weighted by Gasteiger charge is -2.32. The fourth-order valence-corrected chi connectivity index (χ4v) is 5.09. The van der Waals surface area contributed by atoms with Crippen molar-refractivity contribution in [2.75, 3.05) is 14.2 Å². The van der Waals surface area contributed by atoms with Gasteiger partial charge in [0.25, 0.3) is 0 Å². The van der Waals surface area contributed by atoms with Crippen molar-refractivity contribution in [2.45, 2.75) is 110 Å². The van der Waals surface area contributed by atoms with Crippen molar-refractivity contribution in [3.05, 3.63) is 46.9 Å². The summed E-state index contributed by atoms with van der Waals surface area (Å²) >= 11 is 0. The normalized spacial score (nSPS) is 22.2. The van der Waals surface area contributed by atoms with E-state index >= 15 is 0 Å². The number of methoxy groups -OCH3 is 2. The molecule has 1 atom stereocenters. The number of aryl methyl sites for hydroxylation is 1. The van der Waals surface area contributed by atoms with Gasteiger partial charge in [-0.2, -0.15) is 0 Å². The molecule has 2 aliphatic heterocycles. The SMILES string of the molecule is COC(=O)C(C/C(C)=C(\B1OC(C)(C)C(C)(C)O1)C(CCc1ccccc1)B1OC(C)(C)C(C)(C)O1)C(=O)OC. The fourth-order valence-electron chi connectivity index (χ4n) is 5.09. The second-order valence-corrected chi connectivity index (χ2v) is 12.9. The Kier molecular flexibility index (Phi) is 9.72. The molecule has 220 valence electrons. The standard InChI is InChI=1S/C30H46B2O8/c1-20(19-22(25(33)35-10)26(34)36-11)24(32-39-29(6,7)30(8,9)40-32)23(18-17-21-15-13-12-14-16-21)31-37-27(2,3)28(4,5)38-31/h12-16,22-23H,17-19H2,1-11H3/b24-20-. The highest BCUT2D eigenvalue weighted by molar-refractivity contribution is 6.61. The second-order valence-electron chi connectivity index (χ2n) is 12.9. The maximum absolute atomic E-state index is 12.6. The van der Waals surface area contributed by atoms with Crippen LogP contribution in [0.25, 0.3) is 0 Å². The zero-order chi connectivity index (χ0) is 30.1. The quantitative estimate of drug-likeness (QED) is 0.216. The second kappa shape index (κ2) is 12.0. The van der Waals surface area contributed by atoms with Crippen molar-refractivity contribution in [1.29, 1.82) is 0 Å². The van der Waals surface area contributed by atoms with Gasteiger partial charge in [-0.15, -0.1) is 0 Å². The molecule has 0 spiro atoms. The third kappa shape index (κ3) is 6.67. The van der Waals surface area contributed by atoms with Gasteiger partial charge in [-0.25, -0.2) is 0 Å². The van der Waals surface area contributed by atoms with Crippen molar-refractivity contribution in [3.8, 4) is 0 Å². The monoisotopic (exact) mass is 556 g/mol. The number of esters is 2. The molecule has 0 bridgehead atoms. The third-order valence-corrected chi connectivity index (χ3v) is 9.07. The summed E-state index contributed by atoms with van der Waals surface area (Å²) in [5, 5.41) is 0. The topological polar surface area (TPSA) is 89.5 Å². The summed E-state index contributed by atoms with van der Waals surface area (Å²) in [7, 11) is 1.19. The first-order valence-corrected chi connectivity index (χ1v) is 14.1. The van der Waals surface area contributed by atoms with Gasteiger partial charge in [0.2, 0.25) is 0 Å². The van der Waals surface area contributed by atoms with Gasteiger partial charge < -0.3 is 28.1 Å². The van der Waals surface area contributed by atoms with E-state index in [1.54, 1.807) is 0 Å². The van der Waals surface area contributed by atoms with Crippen LogP contribution in [0.4, 0.5) is 0 Å². The highest BCUT2D eigenvalue weighted by Gasteiger charge is 2.59. The zero-order valence-corrected chi connectivity index (χ0v) is 26.1. The van der Waals surface area contributed by atoms with Crippen LogP contribution in [0.5, 0.6) is 0 Å². The minimum absolute atomic E-state index is 0.0834. The Morgan fingerprint density at radius 1 is 0.775 bits per heavy atom. The molecule has 2 fully saturated rings. The first kappa shape index (κ1) is 32.4. The molecule has 8 nitrogen and oxygen atoms in total. The molecular weight excluding hydrogens is 510 g/mol. The number of carbonyl (C=O) groups excluding carboxylic acids is 2. The average Bonchev–Trinajstić information content (AvgIpc) is 3.23. The molecule has 0 radical (unpaired) electrons. The van der Waals surface area contributed by atoms with E-state index in [2.05, 4.69) is 12.1 Å². The molecule has 0 amide bonds. The van der Waals surface area contributed by atoms with Crippen LogP contribution in [0.2, 0.25) is 5.82 Å². The van der Waals surface area contributed by atoms with Crippen molar-refractivity contribution >= 4 is 26.2 Å². The van der Waals surface area contributed by atoms with Gasteiger partial charge >= 0.3 is 26.2 Å². The number of ether oxygens (including phenoxy) is 2. The molecule has 0 N–H and O–H groups in total. The van der Waals surface area contributed by atoms with E-state index in [-0.39, 0.29) is 12.2 Å². The van der Waals surface area contributed by atoms with Crippen molar-refractivity contribution < 1.29 is 37.7 Å². The number of hydrogen-bond acceptors (Lipinski definition) is 8. The molecular formula is C30H46B2O8. The lowest BCUT2D eigenvalue weighted by Crippen LogP contribution is -2.41. The first-order chi connectivity index (χ1) is 18.5. The molecule has 1 aromatic rings. The van der Waals surface area contributed by atoms with Crippen molar-refractivity contribution in [2.24, 2.45) is 5.92 Å². The third-order valence-electron chi connectivity index (χ3n) is 9.07. The van der Waals surface area contributed by atoms with E-state index in [9.17, 15) is 9.59 Å². The Morgan fingerprint density at radius 3 is 1.68 bits per heavy atom. The van der Waals surface area contributed by atoms with Gasteiger partial charge in [0.15, 0.2) is 5.92 Å². The van der Waals surface area contributed by atoms with Crippen LogP contribution >= 0.6 is 0 Å². The van der Waals surface area contributed by atoms with Crippen molar-refractivity contribution in [1.82, 2.24) is 0 Å². The molecule has 2 saturated heterocycles. The number of hydrogen-bond donors (Lipinski definition) is 0. The predicted octanol–water partition coefficient (Wildman–Crippen LogP) is 5.38. The Morgan fingerprint density at radius 2 is 1.23 bits per heavy atom. The van der Waals surface area contributed by atoms with Crippen LogP contribution in [0.3, 0.4) is 0 Å². The zero-order valence-electron chi connectivity index (χ0n) is 26.1. The maximum atomic E-state index is 12.6. The van der Waals surface area contributed by atoms with Crippen LogP contribution in [-0.2, 0) is 44.1 Å². The number of allylic oxidation sites excluding steroid dienone is 2.